The van der Waals surface area contributed by atoms with E-state index in [9.17, 15) is 8.42 Å². The summed E-state index contributed by atoms with van der Waals surface area (Å²) in [4.78, 5) is 0. The lowest BCUT2D eigenvalue weighted by molar-refractivity contribution is 0.0546. The van der Waals surface area contributed by atoms with Crippen molar-refractivity contribution in [2.45, 2.75) is 32.0 Å². The maximum atomic E-state index is 11.4. The van der Waals surface area contributed by atoms with Gasteiger partial charge in [0.25, 0.3) is 0 Å². The van der Waals surface area contributed by atoms with Crippen LogP contribution in [-0.4, -0.2) is 38.8 Å². The summed E-state index contributed by atoms with van der Waals surface area (Å²) in [6, 6.07) is 0.352. The second kappa shape index (κ2) is 4.99. The van der Waals surface area contributed by atoms with Gasteiger partial charge in [0.15, 0.2) is 9.84 Å². The number of ether oxygens (including phenoxy) is 1. The summed E-state index contributed by atoms with van der Waals surface area (Å²) in [5.74, 6) is 0.794. The molecule has 0 spiro atoms. The van der Waals surface area contributed by atoms with Gasteiger partial charge in [-0.15, -0.1) is 12.4 Å². The predicted octanol–water partition coefficient (Wildman–Crippen LogP) is 0.567. The van der Waals surface area contributed by atoms with Gasteiger partial charge >= 0.3 is 0 Å². The topological polar surface area (TPSA) is 55.4 Å². The minimum Gasteiger partial charge on any atom is -0.361 e. The minimum atomic E-state index is -2.81. The Hall–Kier alpha value is 0.160. The van der Waals surface area contributed by atoms with Crippen molar-refractivity contribution in [2.24, 2.45) is 5.92 Å². The Bertz CT molecular complexity index is 306. The first-order chi connectivity index (χ1) is 6.57. The van der Waals surface area contributed by atoms with Crippen LogP contribution < -0.4 is 5.32 Å². The second-order valence-electron chi connectivity index (χ2n) is 4.34. The predicted molar refractivity (Wildman–Crippen MR) is 61.0 cm³/mol. The smallest absolute Gasteiger partial charge is 0.150 e. The maximum absolute atomic E-state index is 11.4. The Morgan fingerprint density at radius 1 is 1.40 bits per heavy atom. The quantitative estimate of drug-likeness (QED) is 0.744. The Morgan fingerprint density at radius 2 is 2.13 bits per heavy atom. The van der Waals surface area contributed by atoms with E-state index in [4.69, 9.17) is 4.74 Å². The van der Waals surface area contributed by atoms with Gasteiger partial charge in [-0.2, -0.15) is 0 Å². The molecule has 2 rings (SSSR count). The van der Waals surface area contributed by atoms with Crippen molar-refractivity contribution < 1.29 is 13.2 Å². The van der Waals surface area contributed by atoms with Gasteiger partial charge in [-0.1, -0.05) is 0 Å². The minimum absolute atomic E-state index is 0. The van der Waals surface area contributed by atoms with E-state index in [1.807, 2.05) is 0 Å². The molecule has 0 aromatic heterocycles. The van der Waals surface area contributed by atoms with Gasteiger partial charge < -0.3 is 4.74 Å². The molecule has 0 bridgehead atoms. The molecule has 0 saturated carbocycles. The van der Waals surface area contributed by atoms with Crippen molar-refractivity contribution >= 4 is 22.2 Å². The largest absolute Gasteiger partial charge is 0.361 e. The second-order valence-corrected chi connectivity index (χ2v) is 6.57. The van der Waals surface area contributed by atoms with E-state index in [0.717, 1.165) is 12.8 Å². The maximum Gasteiger partial charge on any atom is 0.150 e. The molecule has 6 heteroatoms. The highest BCUT2D eigenvalue weighted by Gasteiger charge is 2.34. The molecule has 0 aliphatic carbocycles. The van der Waals surface area contributed by atoms with Crippen molar-refractivity contribution in [1.29, 1.82) is 0 Å². The third-order valence-electron chi connectivity index (χ3n) is 2.90. The summed E-state index contributed by atoms with van der Waals surface area (Å²) in [6.07, 6.45) is 1.70. The van der Waals surface area contributed by atoms with E-state index < -0.39 is 9.84 Å². The van der Waals surface area contributed by atoms with E-state index in [2.05, 4.69) is 12.2 Å². The SMILES string of the molecule is CC1COC(C2CCCS(=O)(=O)C2)N1.Cl. The number of nitrogens with one attached hydrogen (secondary N) is 1. The molecule has 0 amide bonds. The zero-order valence-electron chi connectivity index (χ0n) is 8.81. The van der Waals surface area contributed by atoms with Gasteiger partial charge in [0.05, 0.1) is 18.1 Å². The molecule has 90 valence electrons. The first-order valence-corrected chi connectivity index (χ1v) is 6.97. The van der Waals surface area contributed by atoms with Crippen LogP contribution in [-0.2, 0) is 14.6 Å². The molecule has 3 unspecified atom stereocenters. The Kier molecular flexibility index (Phi) is 4.40. The number of rotatable bonds is 1. The lowest BCUT2D eigenvalue weighted by Crippen LogP contribution is -2.40. The summed E-state index contributed by atoms with van der Waals surface area (Å²) in [6.45, 7) is 2.75. The van der Waals surface area contributed by atoms with Crippen LogP contribution in [0.25, 0.3) is 0 Å². The van der Waals surface area contributed by atoms with E-state index in [1.54, 1.807) is 0 Å². The van der Waals surface area contributed by atoms with Crippen LogP contribution in [0.15, 0.2) is 0 Å². The molecular weight excluding hydrogens is 238 g/mol. The van der Waals surface area contributed by atoms with Gasteiger partial charge in [-0.05, 0) is 19.8 Å². The molecule has 2 aliphatic rings. The van der Waals surface area contributed by atoms with Crippen LogP contribution in [0, 0.1) is 5.92 Å². The van der Waals surface area contributed by atoms with Gasteiger partial charge in [0, 0.05) is 12.0 Å². The fraction of sp³-hybridized carbons (Fsp3) is 1.00. The van der Waals surface area contributed by atoms with Gasteiger partial charge in [-0.25, -0.2) is 8.42 Å². The molecule has 15 heavy (non-hydrogen) atoms. The Balaban J connectivity index is 0.00000112. The summed E-state index contributed by atoms with van der Waals surface area (Å²) in [5, 5.41) is 3.27. The zero-order chi connectivity index (χ0) is 10.2. The standard InChI is InChI=1S/C9H17NO3S.ClH/c1-7-5-13-9(10-7)8-3-2-4-14(11,12)6-8;/h7-10H,2-6H2,1H3;1H. The molecular formula is C9H18ClNO3S. The summed E-state index contributed by atoms with van der Waals surface area (Å²) in [5.41, 5.74) is 0. The zero-order valence-corrected chi connectivity index (χ0v) is 10.4. The number of hydrogen-bond acceptors (Lipinski definition) is 4. The van der Waals surface area contributed by atoms with Crippen LogP contribution >= 0.6 is 12.4 Å². The van der Waals surface area contributed by atoms with Gasteiger partial charge in [-0.3, -0.25) is 5.32 Å². The Morgan fingerprint density at radius 3 is 2.67 bits per heavy atom. The molecule has 4 nitrogen and oxygen atoms in total. The fourth-order valence-corrected chi connectivity index (χ4v) is 3.96. The molecule has 2 heterocycles. The molecule has 2 saturated heterocycles. The lowest BCUT2D eigenvalue weighted by atomic mass is 10.0. The average molecular weight is 256 g/mol. The third kappa shape index (κ3) is 3.31. The normalized spacial score (nSPS) is 39.7. The molecule has 0 radical (unpaired) electrons. The average Bonchev–Trinajstić information content (AvgIpc) is 2.50. The summed E-state index contributed by atoms with van der Waals surface area (Å²) < 4.78 is 28.4. The van der Waals surface area contributed by atoms with Crippen LogP contribution in [0.3, 0.4) is 0 Å². The third-order valence-corrected chi connectivity index (χ3v) is 4.75. The molecule has 3 atom stereocenters. The Labute approximate surface area is 97.1 Å². The highest BCUT2D eigenvalue weighted by atomic mass is 35.5. The van der Waals surface area contributed by atoms with E-state index >= 15 is 0 Å². The molecule has 2 aliphatic heterocycles. The molecule has 0 aromatic carbocycles. The monoisotopic (exact) mass is 255 g/mol. The van der Waals surface area contributed by atoms with Crippen LogP contribution in [0.4, 0.5) is 0 Å². The number of sulfone groups is 1. The molecule has 0 aromatic rings. The number of halogens is 1. The van der Waals surface area contributed by atoms with E-state index in [1.165, 1.54) is 0 Å². The molecule has 2 fully saturated rings. The van der Waals surface area contributed by atoms with Crippen molar-refractivity contribution in [1.82, 2.24) is 5.32 Å². The van der Waals surface area contributed by atoms with Gasteiger partial charge in [0.2, 0.25) is 0 Å². The van der Waals surface area contributed by atoms with Crippen molar-refractivity contribution in [3.8, 4) is 0 Å². The highest BCUT2D eigenvalue weighted by Crippen LogP contribution is 2.24. The van der Waals surface area contributed by atoms with Crippen LogP contribution in [0.1, 0.15) is 19.8 Å². The van der Waals surface area contributed by atoms with Crippen molar-refractivity contribution in [3.63, 3.8) is 0 Å². The van der Waals surface area contributed by atoms with Crippen molar-refractivity contribution in [3.05, 3.63) is 0 Å². The summed E-state index contributed by atoms with van der Waals surface area (Å²) >= 11 is 0. The van der Waals surface area contributed by atoms with E-state index in [-0.39, 0.29) is 30.3 Å². The van der Waals surface area contributed by atoms with Crippen LogP contribution in [0.2, 0.25) is 0 Å². The fourth-order valence-electron chi connectivity index (χ4n) is 2.19. The first kappa shape index (κ1) is 13.2. The molecule has 1 N–H and O–H groups in total. The highest BCUT2D eigenvalue weighted by molar-refractivity contribution is 7.91. The lowest BCUT2D eigenvalue weighted by Gasteiger charge is -2.26. The summed E-state index contributed by atoms with van der Waals surface area (Å²) in [7, 11) is -2.81. The number of hydrogen-bond donors (Lipinski definition) is 1. The first-order valence-electron chi connectivity index (χ1n) is 5.15. The van der Waals surface area contributed by atoms with Crippen molar-refractivity contribution in [2.75, 3.05) is 18.1 Å². The van der Waals surface area contributed by atoms with E-state index in [0.29, 0.717) is 18.4 Å². The van der Waals surface area contributed by atoms with Gasteiger partial charge in [0.1, 0.15) is 6.23 Å². The van der Waals surface area contributed by atoms with Crippen LogP contribution in [0.5, 0.6) is 0 Å².